The Labute approximate surface area is 156 Å². The highest BCUT2D eigenvalue weighted by atomic mass is 16.5. The van der Waals surface area contributed by atoms with E-state index in [0.717, 1.165) is 17.7 Å². The van der Waals surface area contributed by atoms with Gasteiger partial charge >= 0.3 is 0 Å². The molecule has 3 rings (SSSR count). The molecule has 0 radical (unpaired) electrons. The van der Waals surface area contributed by atoms with E-state index in [1.165, 1.54) is 18.4 Å². The van der Waals surface area contributed by atoms with Crippen LogP contribution in [0.2, 0.25) is 0 Å². The first-order valence-electron chi connectivity index (χ1n) is 9.36. The van der Waals surface area contributed by atoms with Crippen LogP contribution in [0.25, 0.3) is 0 Å². The van der Waals surface area contributed by atoms with Crippen molar-refractivity contribution in [3.05, 3.63) is 65.7 Å². The molecule has 26 heavy (non-hydrogen) atoms. The lowest BCUT2D eigenvalue weighted by atomic mass is 10.0. The van der Waals surface area contributed by atoms with Crippen LogP contribution in [0.5, 0.6) is 5.75 Å². The summed E-state index contributed by atoms with van der Waals surface area (Å²) in [7, 11) is 2.13. The van der Waals surface area contributed by atoms with Gasteiger partial charge in [-0.05, 0) is 44.0 Å². The molecule has 1 atom stereocenters. The number of carbonyl (C=O) groups is 1. The Hall–Kier alpha value is -2.33. The van der Waals surface area contributed by atoms with Crippen molar-refractivity contribution in [2.45, 2.75) is 38.3 Å². The molecule has 4 nitrogen and oxygen atoms in total. The van der Waals surface area contributed by atoms with Gasteiger partial charge in [-0.25, -0.2) is 0 Å². The van der Waals surface area contributed by atoms with Crippen LogP contribution in [0.3, 0.4) is 0 Å². The van der Waals surface area contributed by atoms with Crippen molar-refractivity contribution in [3.8, 4) is 5.75 Å². The second-order valence-electron chi connectivity index (χ2n) is 7.11. The molecule has 0 spiro atoms. The predicted octanol–water partition coefficient (Wildman–Crippen LogP) is 3.26. The van der Waals surface area contributed by atoms with Gasteiger partial charge in [0.2, 0.25) is 0 Å². The third kappa shape index (κ3) is 5.33. The molecule has 0 heterocycles. The zero-order chi connectivity index (χ0) is 18.4. The molecule has 2 aromatic rings. The first-order chi connectivity index (χ1) is 12.6. The zero-order valence-corrected chi connectivity index (χ0v) is 15.7. The lowest BCUT2D eigenvalue weighted by Gasteiger charge is -2.24. The highest BCUT2D eigenvalue weighted by Crippen LogP contribution is 2.26. The topological polar surface area (TPSA) is 41.6 Å². The lowest BCUT2D eigenvalue weighted by Crippen LogP contribution is -2.42. The van der Waals surface area contributed by atoms with Gasteiger partial charge in [0.15, 0.2) is 6.61 Å². The molecule has 0 saturated heterocycles. The van der Waals surface area contributed by atoms with E-state index in [1.54, 1.807) is 0 Å². The van der Waals surface area contributed by atoms with Crippen molar-refractivity contribution < 1.29 is 9.53 Å². The van der Waals surface area contributed by atoms with Crippen LogP contribution in [0.4, 0.5) is 0 Å². The van der Waals surface area contributed by atoms with Gasteiger partial charge in [-0.15, -0.1) is 0 Å². The largest absolute Gasteiger partial charge is 0.483 e. The van der Waals surface area contributed by atoms with Crippen molar-refractivity contribution >= 4 is 5.91 Å². The van der Waals surface area contributed by atoms with Crippen LogP contribution >= 0.6 is 0 Å². The standard InChI is InChI=1S/C22H28N2O2/c1-17(24(2)20-12-13-20)15-23-22(25)16-26-21-11-7-6-10-19(21)14-18-8-4-3-5-9-18/h3-11,17,20H,12-16H2,1-2H3,(H,23,25). The van der Waals surface area contributed by atoms with E-state index in [4.69, 9.17) is 4.74 Å². The van der Waals surface area contributed by atoms with Crippen molar-refractivity contribution in [2.24, 2.45) is 0 Å². The number of para-hydroxylation sites is 1. The summed E-state index contributed by atoms with van der Waals surface area (Å²) in [5, 5.41) is 2.98. The quantitative estimate of drug-likeness (QED) is 0.753. The average molecular weight is 352 g/mol. The van der Waals surface area contributed by atoms with Gasteiger partial charge in [-0.1, -0.05) is 48.5 Å². The summed E-state index contributed by atoms with van der Waals surface area (Å²) < 4.78 is 5.80. The molecule has 138 valence electrons. The zero-order valence-electron chi connectivity index (χ0n) is 15.7. The summed E-state index contributed by atoms with van der Waals surface area (Å²) in [5.74, 6) is 0.699. The summed E-state index contributed by atoms with van der Waals surface area (Å²) in [6, 6.07) is 19.2. The second kappa shape index (κ2) is 8.86. The summed E-state index contributed by atoms with van der Waals surface area (Å²) in [6.45, 7) is 2.85. The minimum atomic E-state index is -0.0736. The highest BCUT2D eigenvalue weighted by molar-refractivity contribution is 5.77. The molecule has 4 heteroatoms. The van der Waals surface area contributed by atoms with Gasteiger partial charge in [0.05, 0.1) is 0 Å². The van der Waals surface area contributed by atoms with Crippen molar-refractivity contribution in [1.29, 1.82) is 0 Å². The number of ether oxygens (including phenoxy) is 1. The predicted molar refractivity (Wildman–Crippen MR) is 104 cm³/mol. The summed E-state index contributed by atoms with van der Waals surface area (Å²) in [5.41, 5.74) is 2.32. The van der Waals surface area contributed by atoms with Crippen LogP contribution < -0.4 is 10.1 Å². The molecule has 1 amide bonds. The third-order valence-corrected chi connectivity index (χ3v) is 4.98. The maximum atomic E-state index is 12.1. The van der Waals surface area contributed by atoms with Gasteiger partial charge in [0.25, 0.3) is 5.91 Å². The summed E-state index contributed by atoms with van der Waals surface area (Å²) in [4.78, 5) is 14.5. The van der Waals surface area contributed by atoms with E-state index in [2.05, 4.69) is 36.3 Å². The number of hydrogen-bond donors (Lipinski definition) is 1. The minimum Gasteiger partial charge on any atom is -0.483 e. The average Bonchev–Trinajstić information content (AvgIpc) is 3.51. The van der Waals surface area contributed by atoms with E-state index in [9.17, 15) is 4.79 Å². The van der Waals surface area contributed by atoms with Gasteiger partial charge in [-0.2, -0.15) is 0 Å². The van der Waals surface area contributed by atoms with E-state index < -0.39 is 0 Å². The van der Waals surface area contributed by atoms with E-state index in [1.807, 2.05) is 42.5 Å². The molecular weight excluding hydrogens is 324 g/mol. The van der Waals surface area contributed by atoms with Gasteiger partial charge in [0.1, 0.15) is 5.75 Å². The fourth-order valence-corrected chi connectivity index (χ4v) is 3.05. The van der Waals surface area contributed by atoms with Crippen LogP contribution in [0.15, 0.2) is 54.6 Å². The fourth-order valence-electron chi connectivity index (χ4n) is 3.05. The lowest BCUT2D eigenvalue weighted by molar-refractivity contribution is -0.123. The van der Waals surface area contributed by atoms with Crippen molar-refractivity contribution in [3.63, 3.8) is 0 Å². The monoisotopic (exact) mass is 352 g/mol. The van der Waals surface area contributed by atoms with E-state index in [-0.39, 0.29) is 12.5 Å². The molecule has 1 unspecified atom stereocenters. The first kappa shape index (κ1) is 18.5. The van der Waals surface area contributed by atoms with Crippen molar-refractivity contribution in [1.82, 2.24) is 10.2 Å². The maximum absolute atomic E-state index is 12.1. The summed E-state index contributed by atoms with van der Waals surface area (Å²) in [6.07, 6.45) is 3.34. The molecule has 2 aromatic carbocycles. The fraction of sp³-hybridized carbons (Fsp3) is 0.409. The molecule has 0 aliphatic heterocycles. The number of nitrogens with one attached hydrogen (secondary N) is 1. The van der Waals surface area contributed by atoms with Gasteiger partial charge in [0, 0.05) is 25.0 Å². The normalized spacial score (nSPS) is 14.9. The molecule has 1 saturated carbocycles. The van der Waals surface area contributed by atoms with Gasteiger partial charge < -0.3 is 10.1 Å². The van der Waals surface area contributed by atoms with Crippen LogP contribution in [0, 0.1) is 0 Å². The van der Waals surface area contributed by atoms with Crippen molar-refractivity contribution in [2.75, 3.05) is 20.2 Å². The Morgan fingerprint density at radius 3 is 2.58 bits per heavy atom. The number of likely N-dealkylation sites (N-methyl/N-ethyl adjacent to an activating group) is 1. The van der Waals surface area contributed by atoms with Gasteiger partial charge in [-0.3, -0.25) is 9.69 Å². The minimum absolute atomic E-state index is 0.0473. The Morgan fingerprint density at radius 1 is 1.15 bits per heavy atom. The molecule has 1 fully saturated rings. The number of nitrogens with zero attached hydrogens (tertiary/aromatic N) is 1. The molecule has 1 aliphatic rings. The van der Waals surface area contributed by atoms with Crippen LogP contribution in [0.1, 0.15) is 30.9 Å². The molecular formula is C22H28N2O2. The summed E-state index contributed by atoms with van der Waals surface area (Å²) >= 11 is 0. The number of amides is 1. The van der Waals surface area contributed by atoms with Crippen LogP contribution in [-0.4, -0.2) is 43.1 Å². The molecule has 0 aromatic heterocycles. The Balaban J connectivity index is 1.48. The highest BCUT2D eigenvalue weighted by Gasteiger charge is 2.29. The Kier molecular flexibility index (Phi) is 6.29. The van der Waals surface area contributed by atoms with E-state index >= 15 is 0 Å². The van der Waals surface area contributed by atoms with Crippen LogP contribution in [-0.2, 0) is 11.2 Å². The molecule has 1 aliphatic carbocycles. The first-order valence-corrected chi connectivity index (χ1v) is 9.36. The number of rotatable bonds is 9. The number of carbonyl (C=O) groups excluding carboxylic acids is 1. The Morgan fingerprint density at radius 2 is 1.85 bits per heavy atom. The molecule has 1 N–H and O–H groups in total. The Bertz CT molecular complexity index is 713. The number of benzene rings is 2. The van der Waals surface area contributed by atoms with E-state index in [0.29, 0.717) is 18.6 Å². The maximum Gasteiger partial charge on any atom is 0.257 e. The molecule has 0 bridgehead atoms. The smallest absolute Gasteiger partial charge is 0.257 e. The second-order valence-corrected chi connectivity index (χ2v) is 7.11. The SMILES string of the molecule is CC(CNC(=O)COc1ccccc1Cc1ccccc1)N(C)C1CC1. The third-order valence-electron chi connectivity index (χ3n) is 4.98. The number of hydrogen-bond acceptors (Lipinski definition) is 3.